The van der Waals surface area contributed by atoms with E-state index in [-0.39, 0.29) is 29.9 Å². The van der Waals surface area contributed by atoms with Crippen LogP contribution in [0, 0.1) is 0 Å². The maximum Gasteiger partial charge on any atom is 0.245 e. The molecule has 2 aromatic rings. The van der Waals surface area contributed by atoms with Crippen molar-refractivity contribution in [2.45, 2.75) is 83.5 Å². The third kappa shape index (κ3) is 4.49. The first-order chi connectivity index (χ1) is 15.0. The number of hydrogen-bond donors (Lipinski definition) is 1. The molecular weight excluding hydrogens is 388 g/mol. The van der Waals surface area contributed by atoms with Crippen molar-refractivity contribution >= 4 is 22.7 Å². The van der Waals surface area contributed by atoms with Crippen molar-refractivity contribution in [1.29, 1.82) is 0 Å². The molecule has 31 heavy (non-hydrogen) atoms. The highest BCUT2D eigenvalue weighted by Gasteiger charge is 2.39. The lowest BCUT2D eigenvalue weighted by Gasteiger charge is -2.32. The molecule has 2 fully saturated rings. The Morgan fingerprint density at radius 2 is 1.87 bits per heavy atom. The lowest BCUT2D eigenvalue weighted by molar-refractivity contribution is -0.144. The number of nitrogens with zero attached hydrogens (tertiary/aromatic N) is 3. The molecule has 0 spiro atoms. The number of aromatic nitrogens is 1. The molecule has 6 heteroatoms. The van der Waals surface area contributed by atoms with Crippen molar-refractivity contribution in [3.05, 3.63) is 36.0 Å². The van der Waals surface area contributed by atoms with E-state index in [0.29, 0.717) is 13.0 Å². The molecule has 2 aliphatic heterocycles. The van der Waals surface area contributed by atoms with Gasteiger partial charge in [-0.15, -0.1) is 0 Å². The maximum absolute atomic E-state index is 13.4. The van der Waals surface area contributed by atoms with Crippen molar-refractivity contribution in [1.82, 2.24) is 14.4 Å². The minimum Gasteiger partial charge on any atom is -0.345 e. The molecule has 3 heterocycles. The zero-order valence-corrected chi connectivity index (χ0v) is 18.9. The van der Waals surface area contributed by atoms with Gasteiger partial charge in [0.15, 0.2) is 0 Å². The first-order valence-corrected chi connectivity index (χ1v) is 11.9. The standard InChI is InChI=1S/C25H36N4O2/c1-3-27-21(17-19-8-4-5-10-22(19)27)13-12-20-9-6-14-28(20)25(31)23-11-7-15-29(23)24(30)16-18(2)26/h4-5,8,10,17-18,20,23H,3,6-7,9,11-16,26H2,1-2H3/t18?,20-,23+/m0/s1. The van der Waals surface area contributed by atoms with Crippen LogP contribution in [0.2, 0.25) is 0 Å². The van der Waals surface area contributed by atoms with Crippen LogP contribution in [-0.2, 0) is 22.6 Å². The molecule has 1 aromatic heterocycles. The molecule has 1 unspecified atom stereocenters. The van der Waals surface area contributed by atoms with Gasteiger partial charge in [-0.25, -0.2) is 0 Å². The molecule has 2 aliphatic rings. The second-order valence-corrected chi connectivity index (χ2v) is 9.23. The summed E-state index contributed by atoms with van der Waals surface area (Å²) in [6.07, 6.45) is 6.03. The SMILES string of the molecule is CCn1c(CC[C@@H]2CCCN2C(=O)[C@H]2CCCN2C(=O)CC(C)N)cc2ccccc21. The van der Waals surface area contributed by atoms with Crippen molar-refractivity contribution in [3.63, 3.8) is 0 Å². The van der Waals surface area contributed by atoms with Gasteiger partial charge in [-0.05, 0) is 69.9 Å². The first kappa shape index (κ1) is 21.9. The summed E-state index contributed by atoms with van der Waals surface area (Å²) in [4.78, 5) is 29.9. The quantitative estimate of drug-likeness (QED) is 0.741. The molecule has 0 radical (unpaired) electrons. The number of carbonyl (C=O) groups excluding carboxylic acids is 2. The number of para-hydroxylation sites is 1. The average Bonchev–Trinajstić information content (AvgIpc) is 3.48. The summed E-state index contributed by atoms with van der Waals surface area (Å²) in [7, 11) is 0. The second kappa shape index (κ2) is 9.43. The average molecular weight is 425 g/mol. The van der Waals surface area contributed by atoms with E-state index in [4.69, 9.17) is 5.73 Å². The highest BCUT2D eigenvalue weighted by Crippen LogP contribution is 2.28. The zero-order valence-electron chi connectivity index (χ0n) is 18.9. The van der Waals surface area contributed by atoms with Crippen LogP contribution >= 0.6 is 0 Å². The summed E-state index contributed by atoms with van der Waals surface area (Å²) < 4.78 is 2.39. The van der Waals surface area contributed by atoms with Crippen LogP contribution < -0.4 is 5.73 Å². The van der Waals surface area contributed by atoms with Crippen LogP contribution in [0.5, 0.6) is 0 Å². The molecule has 6 nitrogen and oxygen atoms in total. The van der Waals surface area contributed by atoms with Crippen LogP contribution in [0.3, 0.4) is 0 Å². The molecule has 1 aromatic carbocycles. The van der Waals surface area contributed by atoms with Gasteiger partial charge < -0.3 is 20.1 Å². The Bertz CT molecular complexity index is 935. The van der Waals surface area contributed by atoms with Gasteiger partial charge in [-0.3, -0.25) is 9.59 Å². The summed E-state index contributed by atoms with van der Waals surface area (Å²) in [5.41, 5.74) is 8.46. The third-order valence-corrected chi connectivity index (χ3v) is 6.96. The lowest BCUT2D eigenvalue weighted by Crippen LogP contribution is -2.50. The molecule has 2 N–H and O–H groups in total. The van der Waals surface area contributed by atoms with Gasteiger partial charge in [0.05, 0.1) is 0 Å². The van der Waals surface area contributed by atoms with E-state index in [1.165, 1.54) is 16.6 Å². The minimum absolute atomic E-state index is 0.0223. The number of aryl methyl sites for hydroxylation is 2. The predicted octanol–water partition coefficient (Wildman–Crippen LogP) is 3.31. The van der Waals surface area contributed by atoms with E-state index >= 15 is 0 Å². The Balaban J connectivity index is 1.43. The first-order valence-electron chi connectivity index (χ1n) is 11.9. The van der Waals surface area contributed by atoms with E-state index < -0.39 is 0 Å². The van der Waals surface area contributed by atoms with Gasteiger partial charge in [0.2, 0.25) is 11.8 Å². The van der Waals surface area contributed by atoms with E-state index in [1.54, 1.807) is 4.90 Å². The summed E-state index contributed by atoms with van der Waals surface area (Å²) in [6.45, 7) is 6.48. The summed E-state index contributed by atoms with van der Waals surface area (Å²) in [5.74, 6) is 0.170. The third-order valence-electron chi connectivity index (χ3n) is 6.96. The Labute approximate surface area is 185 Å². The Morgan fingerprint density at radius 3 is 2.65 bits per heavy atom. The number of nitrogens with two attached hydrogens (primary N) is 1. The normalized spacial score (nSPS) is 22.4. The molecule has 0 saturated carbocycles. The van der Waals surface area contributed by atoms with Crippen LogP contribution in [0.15, 0.2) is 30.3 Å². The van der Waals surface area contributed by atoms with Crippen molar-refractivity contribution < 1.29 is 9.59 Å². The number of likely N-dealkylation sites (tertiary alicyclic amines) is 2. The van der Waals surface area contributed by atoms with Crippen LogP contribution in [0.4, 0.5) is 0 Å². The summed E-state index contributed by atoms with van der Waals surface area (Å²) >= 11 is 0. The topological polar surface area (TPSA) is 71.6 Å². The number of amides is 2. The largest absolute Gasteiger partial charge is 0.345 e. The van der Waals surface area contributed by atoms with Gasteiger partial charge in [0.1, 0.15) is 6.04 Å². The number of hydrogen-bond acceptors (Lipinski definition) is 3. The van der Waals surface area contributed by atoms with Gasteiger partial charge in [-0.2, -0.15) is 0 Å². The van der Waals surface area contributed by atoms with Gasteiger partial charge >= 0.3 is 0 Å². The van der Waals surface area contributed by atoms with Crippen molar-refractivity contribution in [2.75, 3.05) is 13.1 Å². The number of rotatable bonds is 7. The molecule has 2 amide bonds. The van der Waals surface area contributed by atoms with E-state index in [2.05, 4.69) is 46.7 Å². The molecule has 4 rings (SSSR count). The van der Waals surface area contributed by atoms with Gasteiger partial charge in [-0.1, -0.05) is 18.2 Å². The monoisotopic (exact) mass is 424 g/mol. The maximum atomic E-state index is 13.4. The van der Waals surface area contributed by atoms with Crippen LogP contribution in [-0.4, -0.2) is 57.4 Å². The molecule has 3 atom stereocenters. The van der Waals surface area contributed by atoms with Crippen molar-refractivity contribution in [3.8, 4) is 0 Å². The van der Waals surface area contributed by atoms with Gasteiger partial charge in [0, 0.05) is 49.3 Å². The molecule has 0 aliphatic carbocycles. The highest BCUT2D eigenvalue weighted by molar-refractivity contribution is 5.89. The van der Waals surface area contributed by atoms with Gasteiger partial charge in [0.25, 0.3) is 0 Å². The Hall–Kier alpha value is -2.34. The Kier molecular flexibility index (Phi) is 6.65. The molecule has 2 saturated heterocycles. The van der Waals surface area contributed by atoms with Crippen molar-refractivity contribution in [2.24, 2.45) is 5.73 Å². The predicted molar refractivity (Wildman–Crippen MR) is 124 cm³/mol. The fraction of sp³-hybridized carbons (Fsp3) is 0.600. The fourth-order valence-electron chi connectivity index (χ4n) is 5.49. The fourth-order valence-corrected chi connectivity index (χ4v) is 5.49. The zero-order chi connectivity index (χ0) is 22.0. The van der Waals surface area contributed by atoms with Crippen LogP contribution in [0.25, 0.3) is 10.9 Å². The second-order valence-electron chi connectivity index (χ2n) is 9.23. The smallest absolute Gasteiger partial charge is 0.245 e. The van der Waals surface area contributed by atoms with E-state index in [0.717, 1.165) is 51.6 Å². The number of carbonyl (C=O) groups is 2. The number of benzene rings is 1. The molecular formula is C25H36N4O2. The summed E-state index contributed by atoms with van der Waals surface area (Å²) in [5, 5.41) is 1.29. The van der Waals surface area contributed by atoms with E-state index in [9.17, 15) is 9.59 Å². The number of fused-ring (bicyclic) bond motifs is 1. The lowest BCUT2D eigenvalue weighted by atomic mass is 10.1. The highest BCUT2D eigenvalue weighted by atomic mass is 16.2. The van der Waals surface area contributed by atoms with E-state index in [1.807, 2.05) is 6.92 Å². The summed E-state index contributed by atoms with van der Waals surface area (Å²) in [6, 6.07) is 10.6. The minimum atomic E-state index is -0.297. The Morgan fingerprint density at radius 1 is 1.13 bits per heavy atom. The molecule has 168 valence electrons. The van der Waals surface area contributed by atoms with Crippen LogP contribution in [0.1, 0.15) is 58.1 Å². The molecule has 0 bridgehead atoms.